The molecule has 0 radical (unpaired) electrons. The maximum Gasteiger partial charge on any atom is 0.183 e. The molecule has 1 saturated carbocycles. The summed E-state index contributed by atoms with van der Waals surface area (Å²) in [5, 5.41) is 3.07. The van der Waals surface area contributed by atoms with Crippen LogP contribution in [0.2, 0.25) is 0 Å². The van der Waals surface area contributed by atoms with Gasteiger partial charge in [-0.05, 0) is 42.7 Å². The Morgan fingerprint density at radius 3 is 2.50 bits per heavy atom. The first-order chi connectivity index (χ1) is 9.43. The van der Waals surface area contributed by atoms with Crippen molar-refractivity contribution >= 4 is 11.4 Å². The molecular formula is C16H24F2N2. The third-order valence-corrected chi connectivity index (χ3v) is 4.27. The zero-order valence-electron chi connectivity index (χ0n) is 12.3. The maximum atomic E-state index is 13.8. The second kappa shape index (κ2) is 5.98. The van der Waals surface area contributed by atoms with Crippen LogP contribution in [0.25, 0.3) is 0 Å². The van der Waals surface area contributed by atoms with Crippen LogP contribution in [0.5, 0.6) is 0 Å². The van der Waals surface area contributed by atoms with Gasteiger partial charge < -0.3 is 11.1 Å². The van der Waals surface area contributed by atoms with Crippen molar-refractivity contribution in [2.45, 2.75) is 46.0 Å². The molecule has 0 unspecified atom stereocenters. The smallest absolute Gasteiger partial charge is 0.183 e. The highest BCUT2D eigenvalue weighted by atomic mass is 19.2. The van der Waals surface area contributed by atoms with Gasteiger partial charge in [-0.1, -0.05) is 26.7 Å². The Hall–Kier alpha value is -1.32. The summed E-state index contributed by atoms with van der Waals surface area (Å²) >= 11 is 0. The van der Waals surface area contributed by atoms with Crippen LogP contribution in [-0.2, 0) is 0 Å². The zero-order valence-corrected chi connectivity index (χ0v) is 12.3. The Bertz CT molecular complexity index is 466. The number of nitrogens with two attached hydrogens (primary N) is 1. The Morgan fingerprint density at radius 2 is 1.90 bits per heavy atom. The van der Waals surface area contributed by atoms with Crippen LogP contribution in [0.1, 0.15) is 46.0 Å². The van der Waals surface area contributed by atoms with Crippen molar-refractivity contribution in [1.29, 1.82) is 0 Å². The second-order valence-electron chi connectivity index (χ2n) is 6.48. The van der Waals surface area contributed by atoms with Crippen LogP contribution in [-0.4, -0.2) is 6.54 Å². The molecule has 1 aliphatic rings. The van der Waals surface area contributed by atoms with Crippen LogP contribution >= 0.6 is 0 Å². The van der Waals surface area contributed by atoms with Crippen LogP contribution in [0.15, 0.2) is 12.1 Å². The van der Waals surface area contributed by atoms with Crippen molar-refractivity contribution in [2.24, 2.45) is 11.3 Å². The molecule has 0 atom stereocenters. The fourth-order valence-electron chi connectivity index (χ4n) is 3.47. The summed E-state index contributed by atoms with van der Waals surface area (Å²) in [6.45, 7) is 5.07. The predicted molar refractivity (Wildman–Crippen MR) is 79.6 cm³/mol. The van der Waals surface area contributed by atoms with E-state index in [-0.39, 0.29) is 16.8 Å². The molecule has 1 aromatic carbocycles. The van der Waals surface area contributed by atoms with Gasteiger partial charge in [0, 0.05) is 6.54 Å². The van der Waals surface area contributed by atoms with E-state index in [1.807, 2.05) is 0 Å². The van der Waals surface area contributed by atoms with E-state index in [1.54, 1.807) is 0 Å². The van der Waals surface area contributed by atoms with Gasteiger partial charge in [-0.15, -0.1) is 0 Å². The molecule has 0 aromatic heterocycles. The average Bonchev–Trinajstić information content (AvgIpc) is 2.82. The third-order valence-electron chi connectivity index (χ3n) is 4.27. The summed E-state index contributed by atoms with van der Waals surface area (Å²) in [7, 11) is 0. The normalized spacial score (nSPS) is 17.6. The molecule has 2 rings (SSSR count). The van der Waals surface area contributed by atoms with E-state index < -0.39 is 11.6 Å². The first-order valence-electron chi connectivity index (χ1n) is 7.41. The minimum atomic E-state index is -0.873. The van der Waals surface area contributed by atoms with Crippen molar-refractivity contribution in [1.82, 2.24) is 0 Å². The quantitative estimate of drug-likeness (QED) is 0.777. The molecule has 1 aromatic rings. The van der Waals surface area contributed by atoms with Crippen LogP contribution in [0.3, 0.4) is 0 Å². The van der Waals surface area contributed by atoms with Crippen LogP contribution < -0.4 is 11.1 Å². The fraction of sp³-hybridized carbons (Fsp3) is 0.625. The van der Waals surface area contributed by atoms with Crippen molar-refractivity contribution in [2.75, 3.05) is 17.6 Å². The predicted octanol–water partition coefficient (Wildman–Crippen LogP) is 4.57. The second-order valence-corrected chi connectivity index (χ2v) is 6.48. The first kappa shape index (κ1) is 15.1. The zero-order chi connectivity index (χ0) is 14.8. The molecule has 0 amide bonds. The van der Waals surface area contributed by atoms with E-state index in [0.717, 1.165) is 25.3 Å². The topological polar surface area (TPSA) is 38.0 Å². The van der Waals surface area contributed by atoms with Gasteiger partial charge in [0.05, 0.1) is 11.4 Å². The monoisotopic (exact) mass is 282 g/mol. The van der Waals surface area contributed by atoms with Gasteiger partial charge in [0.15, 0.2) is 11.6 Å². The molecule has 0 saturated heterocycles. The standard InChI is InChI=1S/C16H24F2N2/c1-11(2)9-16(7-3-4-8-16)10-20-15-13(19)6-5-12(17)14(15)18/h5-6,11,20H,3-4,7-10,19H2,1-2H3. The highest BCUT2D eigenvalue weighted by Gasteiger charge is 2.34. The van der Waals surface area contributed by atoms with Gasteiger partial charge in [-0.2, -0.15) is 0 Å². The van der Waals surface area contributed by atoms with E-state index in [9.17, 15) is 8.78 Å². The number of nitrogens with one attached hydrogen (secondary N) is 1. The van der Waals surface area contributed by atoms with Gasteiger partial charge in [0.1, 0.15) is 0 Å². The molecule has 0 aliphatic heterocycles. The Balaban J connectivity index is 2.12. The Kier molecular flexibility index (Phi) is 4.51. The van der Waals surface area contributed by atoms with E-state index >= 15 is 0 Å². The molecule has 112 valence electrons. The average molecular weight is 282 g/mol. The first-order valence-corrected chi connectivity index (χ1v) is 7.41. The highest BCUT2D eigenvalue weighted by Crippen LogP contribution is 2.43. The molecule has 0 bridgehead atoms. The minimum absolute atomic E-state index is 0.111. The number of halogens is 2. The molecule has 20 heavy (non-hydrogen) atoms. The van der Waals surface area contributed by atoms with Gasteiger partial charge in [0.25, 0.3) is 0 Å². The van der Waals surface area contributed by atoms with Gasteiger partial charge in [-0.3, -0.25) is 0 Å². The summed E-state index contributed by atoms with van der Waals surface area (Å²) in [6.07, 6.45) is 5.84. The number of benzene rings is 1. The minimum Gasteiger partial charge on any atom is -0.397 e. The third kappa shape index (κ3) is 3.22. The Morgan fingerprint density at radius 1 is 1.25 bits per heavy atom. The number of nitrogen functional groups attached to an aromatic ring is 1. The lowest BCUT2D eigenvalue weighted by Crippen LogP contribution is -2.29. The fourth-order valence-corrected chi connectivity index (χ4v) is 3.47. The van der Waals surface area contributed by atoms with Crippen LogP contribution in [0.4, 0.5) is 20.2 Å². The number of hydrogen-bond acceptors (Lipinski definition) is 2. The molecule has 3 N–H and O–H groups in total. The lowest BCUT2D eigenvalue weighted by atomic mass is 9.78. The van der Waals surface area contributed by atoms with Gasteiger partial charge in [0.2, 0.25) is 0 Å². The van der Waals surface area contributed by atoms with Crippen molar-refractivity contribution in [3.63, 3.8) is 0 Å². The summed E-state index contributed by atoms with van der Waals surface area (Å²) in [6, 6.07) is 2.47. The lowest BCUT2D eigenvalue weighted by molar-refractivity contribution is 0.252. The number of hydrogen-bond donors (Lipinski definition) is 2. The Labute approximate surface area is 119 Å². The van der Waals surface area contributed by atoms with E-state index in [4.69, 9.17) is 5.73 Å². The number of anilines is 2. The van der Waals surface area contributed by atoms with Crippen molar-refractivity contribution in [3.8, 4) is 0 Å². The highest BCUT2D eigenvalue weighted by molar-refractivity contribution is 5.66. The summed E-state index contributed by atoms with van der Waals surface area (Å²) in [4.78, 5) is 0. The van der Waals surface area contributed by atoms with E-state index in [2.05, 4.69) is 19.2 Å². The summed E-state index contributed by atoms with van der Waals surface area (Å²) < 4.78 is 27.1. The SMILES string of the molecule is CC(C)CC1(CNc2c(N)ccc(F)c2F)CCCC1. The summed E-state index contributed by atoms with van der Waals surface area (Å²) in [5.74, 6) is -1.13. The van der Waals surface area contributed by atoms with E-state index in [1.165, 1.54) is 18.9 Å². The largest absolute Gasteiger partial charge is 0.397 e. The molecule has 1 aliphatic carbocycles. The van der Waals surface area contributed by atoms with Gasteiger partial charge in [-0.25, -0.2) is 8.78 Å². The number of rotatable bonds is 5. The van der Waals surface area contributed by atoms with Crippen LogP contribution in [0, 0.1) is 23.0 Å². The molecular weight excluding hydrogens is 258 g/mol. The molecule has 0 spiro atoms. The molecule has 1 fully saturated rings. The van der Waals surface area contributed by atoms with E-state index in [0.29, 0.717) is 12.5 Å². The van der Waals surface area contributed by atoms with Crippen molar-refractivity contribution < 1.29 is 8.78 Å². The van der Waals surface area contributed by atoms with Gasteiger partial charge >= 0.3 is 0 Å². The summed E-state index contributed by atoms with van der Waals surface area (Å²) in [5.41, 5.74) is 6.32. The molecule has 4 heteroatoms. The maximum absolute atomic E-state index is 13.8. The molecule has 2 nitrogen and oxygen atoms in total. The van der Waals surface area contributed by atoms with Crippen molar-refractivity contribution in [3.05, 3.63) is 23.8 Å². The lowest BCUT2D eigenvalue weighted by Gasteiger charge is -2.32. The molecule has 0 heterocycles.